The molecule has 9 aromatic carbocycles. The van der Waals surface area contributed by atoms with Crippen LogP contribution in [0.5, 0.6) is 11.5 Å². The lowest BCUT2D eigenvalue weighted by atomic mass is 10.0. The lowest BCUT2D eigenvalue weighted by Crippen LogP contribution is -1.97. The van der Waals surface area contributed by atoms with Crippen molar-refractivity contribution in [2.75, 3.05) is 13.2 Å². The van der Waals surface area contributed by atoms with E-state index in [0.29, 0.717) is 0 Å². The van der Waals surface area contributed by atoms with Gasteiger partial charge in [0.2, 0.25) is 0 Å². The van der Waals surface area contributed by atoms with Crippen molar-refractivity contribution in [2.45, 2.75) is 219 Å². The molecule has 0 saturated heterocycles. The molecule has 0 N–H and O–H groups in total. The molecule has 2 heterocycles. The van der Waals surface area contributed by atoms with Crippen LogP contribution in [-0.2, 0) is 0 Å². The van der Waals surface area contributed by atoms with E-state index in [1.54, 1.807) is 0 Å². The fourth-order valence-corrected chi connectivity index (χ4v) is 14.8. The van der Waals surface area contributed by atoms with Crippen LogP contribution in [-0.4, -0.2) is 22.3 Å². The molecule has 4 heteroatoms. The van der Waals surface area contributed by atoms with Crippen LogP contribution in [0.2, 0.25) is 0 Å². The third-order valence-electron chi connectivity index (χ3n) is 20.5. The third kappa shape index (κ3) is 22.0. The summed E-state index contributed by atoms with van der Waals surface area (Å²) in [5.74, 6) is 1.87. The summed E-state index contributed by atoms with van der Waals surface area (Å²) in [6.07, 6.45) is 57.3. The highest BCUT2D eigenvalue weighted by atomic mass is 16.5. The van der Waals surface area contributed by atoms with E-state index in [4.69, 9.17) is 9.47 Å². The van der Waals surface area contributed by atoms with E-state index < -0.39 is 0 Å². The monoisotopic (exact) mass is 1330 g/mol. The van der Waals surface area contributed by atoms with Crippen LogP contribution in [0.25, 0.3) is 103 Å². The van der Waals surface area contributed by atoms with Crippen LogP contribution in [0.4, 0.5) is 0 Å². The summed E-state index contributed by atoms with van der Waals surface area (Å²) >= 11 is 0. The topological polar surface area (TPSA) is 28.3 Å². The van der Waals surface area contributed by atoms with Gasteiger partial charge in [-0.1, -0.05) is 352 Å². The molecule has 0 fully saturated rings. The fraction of sp³-hybridized carbons (Fsp3) is 0.375. The van der Waals surface area contributed by atoms with Crippen LogP contribution >= 0.6 is 0 Å². The Morgan fingerprint density at radius 2 is 0.520 bits per heavy atom. The quantitative estimate of drug-likeness (QED) is 0.0281. The maximum absolute atomic E-state index is 6.34. The second-order valence-corrected chi connectivity index (χ2v) is 28.5. The highest BCUT2D eigenvalue weighted by molar-refractivity contribution is 6.11. The lowest BCUT2D eigenvalue weighted by molar-refractivity contribution is 0.304. The average molecular weight is 1330 g/mol. The first-order valence-corrected chi connectivity index (χ1v) is 39.5. The summed E-state index contributed by atoms with van der Waals surface area (Å²) in [6.45, 7) is 6.12. The van der Waals surface area contributed by atoms with Crippen molar-refractivity contribution in [3.8, 4) is 34.0 Å². The Hall–Kier alpha value is -8.60. The highest BCUT2D eigenvalue weighted by Gasteiger charge is 2.15. The summed E-state index contributed by atoms with van der Waals surface area (Å²) < 4.78 is 17.5. The Kier molecular flexibility index (Phi) is 29.5. The Balaban J connectivity index is 0.722. The van der Waals surface area contributed by atoms with Crippen molar-refractivity contribution in [3.05, 3.63) is 240 Å². The van der Waals surface area contributed by atoms with E-state index in [-0.39, 0.29) is 0 Å². The van der Waals surface area contributed by atoms with Crippen molar-refractivity contribution in [1.29, 1.82) is 0 Å². The molecule has 0 spiro atoms. The normalized spacial score (nSPS) is 11.9. The second-order valence-electron chi connectivity index (χ2n) is 28.5. The molecule has 0 bridgehead atoms. The minimum Gasteiger partial charge on any atom is -0.494 e. The molecule has 4 nitrogen and oxygen atoms in total. The molecular formula is C96H114N2O2. The van der Waals surface area contributed by atoms with Crippen molar-refractivity contribution in [1.82, 2.24) is 9.13 Å². The number of hydrogen-bond acceptors (Lipinski definition) is 2. The molecule has 0 amide bonds. The first-order valence-electron chi connectivity index (χ1n) is 39.5. The van der Waals surface area contributed by atoms with Crippen LogP contribution in [0.15, 0.2) is 206 Å². The molecule has 0 aliphatic carbocycles. The number of para-hydroxylation sites is 3. The lowest BCUT2D eigenvalue weighted by Gasteiger charge is -2.11. The summed E-state index contributed by atoms with van der Waals surface area (Å²) in [5, 5.41) is 5.02. The fourth-order valence-electron chi connectivity index (χ4n) is 14.8. The van der Waals surface area contributed by atoms with E-state index in [0.717, 1.165) is 82.3 Å². The van der Waals surface area contributed by atoms with Gasteiger partial charge in [-0.25, -0.2) is 0 Å². The van der Waals surface area contributed by atoms with Crippen molar-refractivity contribution >= 4 is 80.1 Å². The molecule has 2 aromatic heterocycles. The van der Waals surface area contributed by atoms with Gasteiger partial charge >= 0.3 is 0 Å². The van der Waals surface area contributed by atoms with Crippen LogP contribution in [0.1, 0.15) is 253 Å². The van der Waals surface area contributed by atoms with Gasteiger partial charge in [-0.2, -0.15) is 0 Å². The zero-order chi connectivity index (χ0) is 68.4. The van der Waals surface area contributed by atoms with Gasteiger partial charge in [0.1, 0.15) is 11.5 Å². The maximum Gasteiger partial charge on any atom is 0.119 e. The number of ether oxygens (including phenoxy) is 2. The van der Waals surface area contributed by atoms with Gasteiger partial charge < -0.3 is 18.6 Å². The zero-order valence-corrected chi connectivity index (χ0v) is 60.8. The molecule has 100 heavy (non-hydrogen) atoms. The number of rotatable bonds is 45. The van der Waals surface area contributed by atoms with Gasteiger partial charge in [-0.05, 0) is 154 Å². The molecule has 0 atom stereocenters. The molecule has 11 aromatic rings. The second kappa shape index (κ2) is 40.6. The smallest absolute Gasteiger partial charge is 0.119 e. The number of unbranched alkanes of at least 4 members (excludes halogenated alkanes) is 30. The van der Waals surface area contributed by atoms with Gasteiger partial charge in [0.05, 0.1) is 35.3 Å². The van der Waals surface area contributed by atoms with Crippen LogP contribution < -0.4 is 9.47 Å². The molecule has 0 saturated carbocycles. The first kappa shape index (κ1) is 72.6. The molecule has 11 rings (SSSR count). The third-order valence-corrected chi connectivity index (χ3v) is 20.5. The summed E-state index contributed by atoms with van der Waals surface area (Å²) in [5.41, 5.74) is 16.3. The minimum absolute atomic E-state index is 0.760. The summed E-state index contributed by atoms with van der Waals surface area (Å²) in [6, 6.07) is 75.2. The maximum atomic E-state index is 6.34. The van der Waals surface area contributed by atoms with Crippen molar-refractivity contribution in [2.24, 2.45) is 0 Å². The Bertz CT molecular complexity index is 4140. The van der Waals surface area contributed by atoms with Gasteiger partial charge in [0.15, 0.2) is 0 Å². The average Bonchev–Trinajstić information content (AvgIpc) is 1.61. The molecule has 0 aliphatic rings. The van der Waals surface area contributed by atoms with Crippen LogP contribution in [0.3, 0.4) is 0 Å². The van der Waals surface area contributed by atoms with E-state index in [1.807, 2.05) is 0 Å². The standard InChI is InChI=1S/C96H114N2O2/c1-3-5-7-9-11-13-15-17-19-21-23-25-27-29-31-39-69-99-87-45-41-43-77(74-87)53-56-80-71-81(57-54-78-44-42-46-88(75-78)100-70-40-32-30-28-26-24-22-20-18-16-14-12-10-8-6-4-2)73-82(72-80)58-55-79-59-68-96-92(76-79)91-49-35-38-52-95(91)98(96)86-66-62-84(63-67-86)83-60-64-85(65-61-83)97-93-50-36-33-47-89(93)90-48-34-37-51-94(90)97/h33-38,41-68,71-76H,3-32,39-40,69-70H2,1-2H3/b56-53+,57-54+,58-55+. The highest BCUT2D eigenvalue weighted by Crippen LogP contribution is 2.36. The molecule has 0 aliphatic heterocycles. The predicted molar refractivity (Wildman–Crippen MR) is 437 cm³/mol. The number of benzene rings is 9. The SMILES string of the molecule is CCCCCCCCCCCCCCCCCCOc1cccc(/C=C/c2cc(/C=C/c3cccc(OCCCCCCCCCCCCCCCCCC)c3)cc(/C=C/c3ccc4c(c3)c3ccccc3n4-c3ccc(-c4ccc(-n5c6ccccc6c6ccccc65)cc4)cc3)c2)c1. The van der Waals surface area contributed by atoms with Crippen molar-refractivity contribution < 1.29 is 9.47 Å². The Labute approximate surface area is 601 Å². The largest absolute Gasteiger partial charge is 0.494 e. The first-order chi connectivity index (χ1) is 49.6. The van der Waals surface area contributed by atoms with E-state index >= 15 is 0 Å². The zero-order valence-electron chi connectivity index (χ0n) is 60.8. The van der Waals surface area contributed by atoms with E-state index in [2.05, 4.69) is 266 Å². The summed E-state index contributed by atoms with van der Waals surface area (Å²) in [4.78, 5) is 0. The Morgan fingerprint density at radius 3 is 0.870 bits per heavy atom. The minimum atomic E-state index is 0.760. The van der Waals surface area contributed by atoms with Gasteiger partial charge in [0.25, 0.3) is 0 Å². The van der Waals surface area contributed by atoms with Crippen LogP contribution in [0, 0.1) is 0 Å². The summed E-state index contributed by atoms with van der Waals surface area (Å²) in [7, 11) is 0. The number of aromatic nitrogens is 2. The van der Waals surface area contributed by atoms with Gasteiger partial charge in [-0.3, -0.25) is 0 Å². The van der Waals surface area contributed by atoms with Gasteiger partial charge in [0, 0.05) is 32.9 Å². The number of fused-ring (bicyclic) bond motifs is 6. The number of nitrogens with zero attached hydrogens (tertiary/aromatic N) is 2. The van der Waals surface area contributed by atoms with Gasteiger partial charge in [-0.15, -0.1) is 0 Å². The molecule has 520 valence electrons. The van der Waals surface area contributed by atoms with E-state index in [9.17, 15) is 0 Å². The van der Waals surface area contributed by atoms with Crippen molar-refractivity contribution in [3.63, 3.8) is 0 Å². The molecule has 0 unspecified atom stereocenters. The Morgan fingerprint density at radius 1 is 0.230 bits per heavy atom. The molecule has 0 radical (unpaired) electrons. The number of hydrogen-bond donors (Lipinski definition) is 0. The predicted octanol–water partition coefficient (Wildman–Crippen LogP) is 29.3. The molecular weight excluding hydrogens is 1210 g/mol. The van der Waals surface area contributed by atoms with E-state index in [1.165, 1.54) is 247 Å².